The van der Waals surface area contributed by atoms with Crippen molar-refractivity contribution in [3.8, 4) is 5.75 Å². The van der Waals surface area contributed by atoms with Crippen LogP contribution in [0.4, 0.5) is 5.69 Å². The Balaban J connectivity index is 1.75. The van der Waals surface area contributed by atoms with Gasteiger partial charge in [-0.15, -0.1) is 0 Å². The summed E-state index contributed by atoms with van der Waals surface area (Å²) in [7, 11) is 0. The molecule has 22 heavy (non-hydrogen) atoms. The average molecular weight is 295 g/mol. The lowest BCUT2D eigenvalue weighted by atomic mass is 9.80. The van der Waals surface area contributed by atoms with E-state index in [9.17, 15) is 0 Å². The van der Waals surface area contributed by atoms with Crippen molar-refractivity contribution in [2.24, 2.45) is 0 Å². The second-order valence-electron chi connectivity index (χ2n) is 6.79. The number of rotatable bonds is 4. The molecule has 2 aromatic rings. The summed E-state index contributed by atoms with van der Waals surface area (Å²) in [5.74, 6) is 1.55. The quantitative estimate of drug-likeness (QED) is 0.799. The van der Waals surface area contributed by atoms with Gasteiger partial charge >= 0.3 is 0 Å². The number of benzene rings is 2. The van der Waals surface area contributed by atoms with Crippen molar-refractivity contribution in [1.82, 2.24) is 0 Å². The van der Waals surface area contributed by atoms with E-state index < -0.39 is 0 Å². The summed E-state index contributed by atoms with van der Waals surface area (Å²) < 4.78 is 5.90. The van der Waals surface area contributed by atoms with Gasteiger partial charge in [0.05, 0.1) is 6.54 Å². The predicted molar refractivity (Wildman–Crippen MR) is 92.8 cm³/mol. The smallest absolute Gasteiger partial charge is 0.119 e. The van der Waals surface area contributed by atoms with Crippen LogP contribution in [0, 0.1) is 0 Å². The molecule has 3 rings (SSSR count). The average Bonchev–Trinajstić information content (AvgIpc) is 2.51. The molecule has 0 spiro atoms. The maximum Gasteiger partial charge on any atom is 0.119 e. The third-order valence-corrected chi connectivity index (χ3v) is 4.62. The van der Waals surface area contributed by atoms with E-state index in [1.165, 1.54) is 17.7 Å². The molecule has 1 unspecified atom stereocenters. The van der Waals surface area contributed by atoms with Crippen LogP contribution < -0.4 is 9.64 Å². The van der Waals surface area contributed by atoms with E-state index in [0.717, 1.165) is 12.3 Å². The van der Waals surface area contributed by atoms with Gasteiger partial charge in [-0.1, -0.05) is 43.3 Å². The van der Waals surface area contributed by atoms with Gasteiger partial charge in [0.25, 0.3) is 0 Å². The van der Waals surface area contributed by atoms with Crippen LogP contribution in [0.25, 0.3) is 0 Å². The molecule has 1 aliphatic heterocycles. The van der Waals surface area contributed by atoms with Crippen molar-refractivity contribution in [2.75, 3.05) is 18.1 Å². The highest BCUT2D eigenvalue weighted by Gasteiger charge is 2.35. The minimum atomic E-state index is 0.161. The zero-order chi connectivity index (χ0) is 15.6. The van der Waals surface area contributed by atoms with Crippen LogP contribution in [0.3, 0.4) is 0 Å². The van der Waals surface area contributed by atoms with Crippen LogP contribution in [0.2, 0.25) is 0 Å². The molecule has 0 bridgehead atoms. The number of ether oxygens (including phenoxy) is 1. The van der Waals surface area contributed by atoms with Gasteiger partial charge in [-0.25, -0.2) is 0 Å². The fourth-order valence-corrected chi connectivity index (χ4v) is 3.64. The van der Waals surface area contributed by atoms with Gasteiger partial charge in [0.2, 0.25) is 0 Å². The summed E-state index contributed by atoms with van der Waals surface area (Å²) in [5, 5.41) is 0. The van der Waals surface area contributed by atoms with E-state index in [1.807, 2.05) is 30.3 Å². The van der Waals surface area contributed by atoms with Crippen LogP contribution >= 0.6 is 0 Å². The summed E-state index contributed by atoms with van der Waals surface area (Å²) in [4.78, 5) is 2.51. The van der Waals surface area contributed by atoms with Crippen molar-refractivity contribution in [3.63, 3.8) is 0 Å². The SMILES string of the molecule is CC1CC(C)(C)N(CCOc2ccccc2)c2ccccc21. The molecular weight excluding hydrogens is 270 g/mol. The van der Waals surface area contributed by atoms with Gasteiger partial charge in [0.1, 0.15) is 12.4 Å². The number of hydrogen-bond acceptors (Lipinski definition) is 2. The molecule has 2 nitrogen and oxygen atoms in total. The molecule has 2 heteroatoms. The first-order valence-electron chi connectivity index (χ1n) is 8.12. The summed E-state index contributed by atoms with van der Waals surface area (Å²) in [5.41, 5.74) is 2.98. The minimum absolute atomic E-state index is 0.161. The normalized spacial score (nSPS) is 19.6. The monoisotopic (exact) mass is 295 g/mol. The first-order chi connectivity index (χ1) is 10.6. The van der Waals surface area contributed by atoms with Gasteiger partial charge in [-0.05, 0) is 49.9 Å². The first kappa shape index (κ1) is 15.0. The van der Waals surface area contributed by atoms with Gasteiger partial charge in [0.15, 0.2) is 0 Å². The molecule has 0 saturated heterocycles. The molecule has 0 saturated carbocycles. The maximum atomic E-state index is 5.90. The number of fused-ring (bicyclic) bond motifs is 1. The van der Waals surface area contributed by atoms with Crippen LogP contribution in [-0.4, -0.2) is 18.7 Å². The van der Waals surface area contributed by atoms with Crippen LogP contribution in [0.5, 0.6) is 5.75 Å². The maximum absolute atomic E-state index is 5.90. The van der Waals surface area contributed by atoms with E-state index in [4.69, 9.17) is 4.74 Å². The lowest BCUT2D eigenvalue weighted by Crippen LogP contribution is -2.50. The van der Waals surface area contributed by atoms with Gasteiger partial charge in [0, 0.05) is 11.2 Å². The zero-order valence-electron chi connectivity index (χ0n) is 13.8. The number of hydrogen-bond donors (Lipinski definition) is 0. The summed E-state index contributed by atoms with van der Waals surface area (Å²) >= 11 is 0. The second-order valence-corrected chi connectivity index (χ2v) is 6.79. The first-order valence-corrected chi connectivity index (χ1v) is 8.12. The number of anilines is 1. The Hall–Kier alpha value is -1.96. The Labute approximate surface area is 133 Å². The van der Waals surface area contributed by atoms with E-state index in [-0.39, 0.29) is 5.54 Å². The van der Waals surface area contributed by atoms with Crippen molar-refractivity contribution < 1.29 is 4.74 Å². The minimum Gasteiger partial charge on any atom is -0.492 e. The Bertz CT molecular complexity index is 621. The molecule has 0 fully saturated rings. The van der Waals surface area contributed by atoms with Gasteiger partial charge < -0.3 is 9.64 Å². The number of para-hydroxylation sites is 2. The van der Waals surface area contributed by atoms with Crippen molar-refractivity contribution in [1.29, 1.82) is 0 Å². The van der Waals surface area contributed by atoms with Crippen LogP contribution in [0.1, 0.15) is 38.7 Å². The third-order valence-electron chi connectivity index (χ3n) is 4.62. The largest absolute Gasteiger partial charge is 0.492 e. The molecule has 2 aromatic carbocycles. The van der Waals surface area contributed by atoms with Crippen molar-refractivity contribution >= 4 is 5.69 Å². The lowest BCUT2D eigenvalue weighted by molar-refractivity contribution is 0.294. The summed E-state index contributed by atoms with van der Waals surface area (Å²) in [6.45, 7) is 8.62. The van der Waals surface area contributed by atoms with Gasteiger partial charge in [-0.2, -0.15) is 0 Å². The van der Waals surface area contributed by atoms with Crippen molar-refractivity contribution in [2.45, 2.75) is 38.6 Å². The summed E-state index contributed by atoms with van der Waals surface area (Å²) in [6.07, 6.45) is 1.18. The Kier molecular flexibility index (Phi) is 4.10. The fourth-order valence-electron chi connectivity index (χ4n) is 3.64. The van der Waals surface area contributed by atoms with Crippen LogP contribution in [0.15, 0.2) is 54.6 Å². The van der Waals surface area contributed by atoms with Crippen LogP contribution in [-0.2, 0) is 0 Å². The molecule has 116 valence electrons. The van der Waals surface area contributed by atoms with Gasteiger partial charge in [-0.3, -0.25) is 0 Å². The summed E-state index contributed by atoms with van der Waals surface area (Å²) in [6, 6.07) is 18.8. The molecule has 0 aromatic heterocycles. The molecule has 0 radical (unpaired) electrons. The van der Waals surface area contributed by atoms with E-state index in [1.54, 1.807) is 0 Å². The molecule has 0 N–H and O–H groups in total. The van der Waals surface area contributed by atoms with E-state index >= 15 is 0 Å². The topological polar surface area (TPSA) is 12.5 Å². The molecule has 0 aliphatic carbocycles. The van der Waals surface area contributed by atoms with E-state index in [2.05, 4.69) is 49.9 Å². The lowest BCUT2D eigenvalue weighted by Gasteiger charge is -2.47. The predicted octanol–water partition coefficient (Wildman–Crippen LogP) is 4.86. The van der Waals surface area contributed by atoms with E-state index in [0.29, 0.717) is 12.5 Å². The number of nitrogens with zero attached hydrogens (tertiary/aromatic N) is 1. The second kappa shape index (κ2) is 6.04. The Morgan fingerprint density at radius 3 is 2.50 bits per heavy atom. The molecule has 1 aliphatic rings. The standard InChI is InChI=1S/C20H25NO/c1-16-15-20(2,3)21(19-12-8-7-11-18(16)19)13-14-22-17-9-5-4-6-10-17/h4-12,16H,13-15H2,1-3H3. The highest BCUT2D eigenvalue weighted by molar-refractivity contribution is 5.59. The molecular formula is C20H25NO. The highest BCUT2D eigenvalue weighted by atomic mass is 16.5. The molecule has 1 heterocycles. The molecule has 0 amide bonds. The fraction of sp³-hybridized carbons (Fsp3) is 0.400. The highest BCUT2D eigenvalue weighted by Crippen LogP contribution is 2.42. The Morgan fingerprint density at radius 1 is 1.05 bits per heavy atom. The Morgan fingerprint density at radius 2 is 1.73 bits per heavy atom. The van der Waals surface area contributed by atoms with Crippen molar-refractivity contribution in [3.05, 3.63) is 60.2 Å². The zero-order valence-corrected chi connectivity index (χ0v) is 13.8. The third kappa shape index (κ3) is 2.96. The molecule has 1 atom stereocenters.